The van der Waals surface area contributed by atoms with E-state index < -0.39 is 5.91 Å². The van der Waals surface area contributed by atoms with Crippen molar-refractivity contribution < 1.29 is 9.53 Å². The highest BCUT2D eigenvalue weighted by Crippen LogP contribution is 2.32. The van der Waals surface area contributed by atoms with Crippen LogP contribution in [0, 0.1) is 0 Å². The maximum Gasteiger partial charge on any atom is 0.279 e. The lowest BCUT2D eigenvalue weighted by Crippen LogP contribution is -2.13. The van der Waals surface area contributed by atoms with Gasteiger partial charge in [0.05, 0.1) is 0 Å². The number of carbonyl (C=O) groups is 1. The zero-order valence-corrected chi connectivity index (χ0v) is 13.3. The summed E-state index contributed by atoms with van der Waals surface area (Å²) in [5, 5.41) is 16.0. The Bertz CT molecular complexity index is 680. The first-order valence-corrected chi connectivity index (χ1v) is 7.78. The number of anilines is 1. The molecular formula is C11H11Cl2N5O2S. The Kier molecular flexibility index (Phi) is 4.12. The van der Waals surface area contributed by atoms with Gasteiger partial charge in [-0.1, -0.05) is 34.5 Å². The van der Waals surface area contributed by atoms with Gasteiger partial charge < -0.3 is 4.74 Å². The minimum Gasteiger partial charge on any atom is -0.371 e. The molecule has 0 saturated carbocycles. The Balaban J connectivity index is 1.74. The fourth-order valence-corrected chi connectivity index (χ4v) is 3.16. The number of hydrogen-bond donors (Lipinski definition) is 1. The van der Waals surface area contributed by atoms with Crippen LogP contribution < -0.4 is 5.32 Å². The molecule has 1 fully saturated rings. The average molecular weight is 348 g/mol. The maximum absolute atomic E-state index is 12.1. The third kappa shape index (κ3) is 2.89. The van der Waals surface area contributed by atoms with Gasteiger partial charge in [-0.3, -0.25) is 14.8 Å². The lowest BCUT2D eigenvalue weighted by molar-refractivity contribution is 0.102. The highest BCUT2D eigenvalue weighted by molar-refractivity contribution is 7.15. The van der Waals surface area contributed by atoms with E-state index >= 15 is 0 Å². The Hall–Kier alpha value is -1.22. The Morgan fingerprint density at radius 1 is 1.48 bits per heavy atom. The zero-order chi connectivity index (χ0) is 15.0. The monoisotopic (exact) mass is 347 g/mol. The first-order chi connectivity index (χ1) is 10.1. The molecule has 2 aromatic heterocycles. The van der Waals surface area contributed by atoms with Crippen molar-refractivity contribution in [3.05, 3.63) is 20.9 Å². The van der Waals surface area contributed by atoms with Crippen molar-refractivity contribution in [2.24, 2.45) is 7.05 Å². The number of ether oxygens (including phenoxy) is 1. The van der Waals surface area contributed by atoms with Gasteiger partial charge in [0, 0.05) is 13.7 Å². The Morgan fingerprint density at radius 3 is 2.90 bits per heavy atom. The molecule has 1 aliphatic rings. The normalized spacial score (nSPS) is 18.1. The number of amides is 1. The van der Waals surface area contributed by atoms with Crippen molar-refractivity contribution in [2.45, 2.75) is 18.9 Å². The van der Waals surface area contributed by atoms with Crippen LogP contribution in [0.25, 0.3) is 0 Å². The molecule has 1 atom stereocenters. The molecule has 0 aliphatic carbocycles. The molecule has 1 unspecified atom stereocenters. The summed E-state index contributed by atoms with van der Waals surface area (Å²) in [7, 11) is 1.60. The van der Waals surface area contributed by atoms with E-state index in [9.17, 15) is 4.79 Å². The van der Waals surface area contributed by atoms with E-state index in [-0.39, 0.29) is 22.0 Å². The van der Waals surface area contributed by atoms with Crippen LogP contribution in [-0.4, -0.2) is 32.5 Å². The van der Waals surface area contributed by atoms with Crippen LogP contribution in [0.3, 0.4) is 0 Å². The summed E-state index contributed by atoms with van der Waals surface area (Å²) in [5.74, 6) is -0.474. The highest BCUT2D eigenvalue weighted by atomic mass is 35.5. The minimum absolute atomic E-state index is 0.0268. The zero-order valence-electron chi connectivity index (χ0n) is 11.0. The number of aromatic nitrogens is 4. The molecular weight excluding hydrogens is 337 g/mol. The van der Waals surface area contributed by atoms with Crippen molar-refractivity contribution in [1.82, 2.24) is 20.0 Å². The lowest BCUT2D eigenvalue weighted by atomic mass is 10.2. The number of halogens is 2. The molecule has 2 aromatic rings. The number of nitrogens with zero attached hydrogens (tertiary/aromatic N) is 4. The van der Waals surface area contributed by atoms with Gasteiger partial charge in [-0.05, 0) is 12.8 Å². The molecule has 1 amide bonds. The van der Waals surface area contributed by atoms with Crippen LogP contribution in [0.2, 0.25) is 10.2 Å². The van der Waals surface area contributed by atoms with Crippen LogP contribution in [0.4, 0.5) is 5.13 Å². The quantitative estimate of drug-likeness (QED) is 0.922. The van der Waals surface area contributed by atoms with Gasteiger partial charge in [-0.15, -0.1) is 10.2 Å². The Labute approximate surface area is 134 Å². The van der Waals surface area contributed by atoms with Gasteiger partial charge in [0.25, 0.3) is 5.91 Å². The van der Waals surface area contributed by atoms with Gasteiger partial charge in [0.1, 0.15) is 21.3 Å². The number of nitrogens with one attached hydrogen (secondary N) is 1. The predicted octanol–water partition coefficient (Wildman–Crippen LogP) is 2.68. The first kappa shape index (κ1) is 14.7. The highest BCUT2D eigenvalue weighted by Gasteiger charge is 2.24. The molecule has 7 nitrogen and oxygen atoms in total. The van der Waals surface area contributed by atoms with Gasteiger partial charge in [-0.25, -0.2) is 0 Å². The minimum atomic E-state index is -0.474. The van der Waals surface area contributed by atoms with Crippen LogP contribution in [-0.2, 0) is 11.8 Å². The number of aryl methyl sites for hydroxylation is 1. The molecule has 1 aliphatic heterocycles. The summed E-state index contributed by atoms with van der Waals surface area (Å²) in [4.78, 5) is 12.1. The summed E-state index contributed by atoms with van der Waals surface area (Å²) in [6.07, 6.45) is 1.90. The number of hydrogen-bond acceptors (Lipinski definition) is 6. The summed E-state index contributed by atoms with van der Waals surface area (Å²) in [6.45, 7) is 0.730. The summed E-state index contributed by atoms with van der Waals surface area (Å²) in [5.41, 5.74) is 0.0537. The topological polar surface area (TPSA) is 81.9 Å². The lowest BCUT2D eigenvalue weighted by Gasteiger charge is -2.02. The molecule has 21 heavy (non-hydrogen) atoms. The summed E-state index contributed by atoms with van der Waals surface area (Å²) >= 11 is 13.1. The van der Waals surface area contributed by atoms with Crippen molar-refractivity contribution in [3.8, 4) is 0 Å². The molecule has 10 heteroatoms. The van der Waals surface area contributed by atoms with Crippen LogP contribution in [0.5, 0.6) is 0 Å². The second-order valence-electron chi connectivity index (χ2n) is 4.48. The van der Waals surface area contributed by atoms with Gasteiger partial charge >= 0.3 is 0 Å². The van der Waals surface area contributed by atoms with Gasteiger partial charge in [-0.2, -0.15) is 5.10 Å². The van der Waals surface area contributed by atoms with Crippen LogP contribution >= 0.6 is 34.5 Å². The maximum atomic E-state index is 12.1. The van der Waals surface area contributed by atoms with Crippen LogP contribution in [0.15, 0.2) is 0 Å². The van der Waals surface area contributed by atoms with Crippen molar-refractivity contribution in [1.29, 1.82) is 0 Å². The SMILES string of the molecule is Cn1nc(C(=O)Nc2nnc(C3CCCO3)s2)c(Cl)c1Cl. The molecule has 1 saturated heterocycles. The van der Waals surface area contributed by atoms with E-state index in [4.69, 9.17) is 27.9 Å². The first-order valence-electron chi connectivity index (χ1n) is 6.20. The van der Waals surface area contributed by atoms with Crippen molar-refractivity contribution >= 4 is 45.6 Å². The fourth-order valence-electron chi connectivity index (χ4n) is 1.97. The van der Waals surface area contributed by atoms with Crippen molar-refractivity contribution in [2.75, 3.05) is 11.9 Å². The molecule has 0 radical (unpaired) electrons. The second kappa shape index (κ2) is 5.88. The van der Waals surface area contributed by atoms with E-state index in [2.05, 4.69) is 20.6 Å². The van der Waals surface area contributed by atoms with Gasteiger partial charge in [0.2, 0.25) is 5.13 Å². The predicted molar refractivity (Wildman–Crippen MR) is 79.0 cm³/mol. The van der Waals surface area contributed by atoms with E-state index in [1.807, 2.05) is 0 Å². The summed E-state index contributed by atoms with van der Waals surface area (Å²) < 4.78 is 6.85. The number of carbonyl (C=O) groups excluding carboxylic acids is 1. The molecule has 3 rings (SSSR count). The van der Waals surface area contributed by atoms with E-state index in [1.54, 1.807) is 7.05 Å². The largest absolute Gasteiger partial charge is 0.371 e. The van der Waals surface area contributed by atoms with E-state index in [0.29, 0.717) is 5.13 Å². The summed E-state index contributed by atoms with van der Waals surface area (Å²) in [6, 6.07) is 0. The molecule has 1 N–H and O–H groups in total. The molecule has 0 spiro atoms. The third-order valence-corrected chi connectivity index (χ3v) is 4.82. The van der Waals surface area contributed by atoms with Crippen molar-refractivity contribution in [3.63, 3.8) is 0 Å². The molecule has 0 aromatic carbocycles. The van der Waals surface area contributed by atoms with E-state index in [1.165, 1.54) is 16.0 Å². The molecule has 3 heterocycles. The second-order valence-corrected chi connectivity index (χ2v) is 6.22. The average Bonchev–Trinajstić information content (AvgIpc) is 3.16. The molecule has 0 bridgehead atoms. The van der Waals surface area contributed by atoms with Crippen LogP contribution in [0.1, 0.15) is 34.4 Å². The third-order valence-electron chi connectivity index (χ3n) is 3.00. The van der Waals surface area contributed by atoms with E-state index in [0.717, 1.165) is 24.5 Å². The number of rotatable bonds is 3. The standard InChI is InChI=1S/C11H11Cl2N5O2S/c1-18-8(13)6(12)7(17-18)9(19)14-11-16-15-10(21-11)5-3-2-4-20-5/h5H,2-4H2,1H3,(H,14,16,19). The Morgan fingerprint density at radius 2 is 2.29 bits per heavy atom. The molecule has 112 valence electrons. The smallest absolute Gasteiger partial charge is 0.279 e. The van der Waals surface area contributed by atoms with Gasteiger partial charge in [0.15, 0.2) is 5.69 Å². The fraction of sp³-hybridized carbons (Fsp3) is 0.455.